The molecule has 0 aliphatic rings. The maximum absolute atomic E-state index is 5.66. The van der Waals surface area contributed by atoms with E-state index >= 15 is 0 Å². The van der Waals surface area contributed by atoms with Gasteiger partial charge in [0.15, 0.2) is 0 Å². The van der Waals surface area contributed by atoms with Gasteiger partial charge in [0.25, 0.3) is 0 Å². The lowest BCUT2D eigenvalue weighted by Crippen LogP contribution is -2.15. The molecule has 258 valence electrons. The minimum absolute atomic E-state index is 0.534. The van der Waals surface area contributed by atoms with Crippen molar-refractivity contribution in [1.29, 1.82) is 0 Å². The number of nitrogens with two attached hydrogens (primary N) is 1. The van der Waals surface area contributed by atoms with E-state index in [-0.39, 0.29) is 0 Å². The standard InChI is InChI=1S/C34H69NO8/c1-2-3-4-5-6-7-8-9-10-11-12-13-14-15-16-17-19-36-21-23-38-25-27-40-29-31-42-33-34-43-32-30-41-28-26-39-24-22-37-20-18-35/h12-13H,2-11,14-35H2,1H3/b13-12+. The molecular weight excluding hydrogens is 550 g/mol. The van der Waals surface area contributed by atoms with E-state index in [1.807, 2.05) is 0 Å². The molecule has 43 heavy (non-hydrogen) atoms. The van der Waals surface area contributed by atoms with Gasteiger partial charge in [-0.1, -0.05) is 76.9 Å². The Hall–Kier alpha value is -0.620. The Labute approximate surface area is 264 Å². The summed E-state index contributed by atoms with van der Waals surface area (Å²) in [5, 5.41) is 0. The van der Waals surface area contributed by atoms with Gasteiger partial charge >= 0.3 is 0 Å². The highest BCUT2D eigenvalue weighted by atomic mass is 16.6. The molecule has 0 heterocycles. The van der Waals surface area contributed by atoms with Crippen LogP contribution in [0.25, 0.3) is 0 Å². The Morgan fingerprint density at radius 1 is 0.326 bits per heavy atom. The summed E-state index contributed by atoms with van der Waals surface area (Å²) in [4.78, 5) is 0. The van der Waals surface area contributed by atoms with Crippen molar-refractivity contribution in [1.82, 2.24) is 0 Å². The summed E-state index contributed by atoms with van der Waals surface area (Å²) in [6.45, 7) is 12.1. The molecule has 0 atom stereocenters. The van der Waals surface area contributed by atoms with Gasteiger partial charge in [-0.25, -0.2) is 0 Å². The molecule has 0 aliphatic carbocycles. The van der Waals surface area contributed by atoms with Crippen LogP contribution in [0.5, 0.6) is 0 Å². The fourth-order valence-corrected chi connectivity index (χ4v) is 4.18. The molecule has 0 saturated carbocycles. The zero-order valence-corrected chi connectivity index (χ0v) is 27.9. The van der Waals surface area contributed by atoms with Gasteiger partial charge in [0.05, 0.1) is 99.1 Å². The van der Waals surface area contributed by atoms with Crippen molar-refractivity contribution in [2.24, 2.45) is 5.73 Å². The number of unbranched alkanes of at least 4 members (excludes halogenated alkanes) is 12. The molecule has 0 aliphatic heterocycles. The summed E-state index contributed by atoms with van der Waals surface area (Å²) in [7, 11) is 0. The normalized spacial score (nSPS) is 11.8. The topological polar surface area (TPSA) is 99.9 Å². The van der Waals surface area contributed by atoms with Crippen molar-refractivity contribution in [2.75, 3.05) is 112 Å². The fourth-order valence-electron chi connectivity index (χ4n) is 4.18. The second kappa shape index (κ2) is 41.4. The first-order valence-electron chi connectivity index (χ1n) is 17.4. The minimum Gasteiger partial charge on any atom is -0.379 e. The molecule has 0 rings (SSSR count). The third-order valence-electron chi connectivity index (χ3n) is 6.67. The van der Waals surface area contributed by atoms with Crippen LogP contribution in [-0.4, -0.2) is 112 Å². The lowest BCUT2D eigenvalue weighted by Gasteiger charge is -2.08. The van der Waals surface area contributed by atoms with Gasteiger partial charge in [-0.2, -0.15) is 0 Å². The number of rotatable bonds is 39. The van der Waals surface area contributed by atoms with Crippen LogP contribution in [0.1, 0.15) is 96.8 Å². The number of allylic oxidation sites excluding steroid dienone is 2. The Bertz CT molecular complexity index is 513. The molecule has 0 aromatic carbocycles. The molecule has 0 bridgehead atoms. The van der Waals surface area contributed by atoms with Gasteiger partial charge in [-0.3, -0.25) is 0 Å². The van der Waals surface area contributed by atoms with E-state index in [9.17, 15) is 0 Å². The van der Waals surface area contributed by atoms with Gasteiger partial charge in [0.1, 0.15) is 0 Å². The van der Waals surface area contributed by atoms with Crippen molar-refractivity contribution in [3.05, 3.63) is 12.2 Å². The highest BCUT2D eigenvalue weighted by Crippen LogP contribution is 2.11. The first-order chi connectivity index (χ1) is 21.4. The highest BCUT2D eigenvalue weighted by molar-refractivity contribution is 4.81. The molecule has 0 aromatic rings. The van der Waals surface area contributed by atoms with Crippen molar-refractivity contribution in [3.8, 4) is 0 Å². The van der Waals surface area contributed by atoms with Crippen molar-refractivity contribution in [2.45, 2.75) is 96.8 Å². The average Bonchev–Trinajstić information content (AvgIpc) is 3.02. The van der Waals surface area contributed by atoms with Crippen LogP contribution in [0.2, 0.25) is 0 Å². The van der Waals surface area contributed by atoms with Gasteiger partial charge in [-0.15, -0.1) is 0 Å². The van der Waals surface area contributed by atoms with Crippen molar-refractivity contribution < 1.29 is 37.9 Å². The Balaban J connectivity index is 3.07. The maximum atomic E-state index is 5.66. The number of hydrogen-bond acceptors (Lipinski definition) is 9. The molecule has 0 unspecified atom stereocenters. The zero-order chi connectivity index (χ0) is 31.0. The molecule has 2 N–H and O–H groups in total. The first kappa shape index (κ1) is 42.4. The number of hydrogen-bond donors (Lipinski definition) is 1. The second-order valence-electron chi connectivity index (χ2n) is 10.6. The van der Waals surface area contributed by atoms with Gasteiger partial charge in [0.2, 0.25) is 0 Å². The summed E-state index contributed by atoms with van der Waals surface area (Å²) in [5.74, 6) is 0. The molecule has 9 nitrogen and oxygen atoms in total. The van der Waals surface area contributed by atoms with Gasteiger partial charge < -0.3 is 43.6 Å². The Morgan fingerprint density at radius 2 is 0.605 bits per heavy atom. The third kappa shape index (κ3) is 41.4. The van der Waals surface area contributed by atoms with Crippen LogP contribution in [0.3, 0.4) is 0 Å². The largest absolute Gasteiger partial charge is 0.379 e. The lowest BCUT2D eigenvalue weighted by molar-refractivity contribution is -0.0230. The fraction of sp³-hybridized carbons (Fsp3) is 0.941. The van der Waals surface area contributed by atoms with Crippen LogP contribution in [-0.2, 0) is 37.9 Å². The van der Waals surface area contributed by atoms with Crippen LogP contribution in [0, 0.1) is 0 Å². The van der Waals surface area contributed by atoms with E-state index in [0.717, 1.165) is 13.0 Å². The zero-order valence-electron chi connectivity index (χ0n) is 27.9. The lowest BCUT2D eigenvalue weighted by atomic mass is 10.1. The number of ether oxygens (including phenoxy) is 8. The molecule has 0 aromatic heterocycles. The first-order valence-corrected chi connectivity index (χ1v) is 17.4. The van der Waals surface area contributed by atoms with Crippen LogP contribution in [0.4, 0.5) is 0 Å². The second-order valence-corrected chi connectivity index (χ2v) is 10.6. The van der Waals surface area contributed by atoms with Crippen LogP contribution >= 0.6 is 0 Å². The van der Waals surface area contributed by atoms with E-state index in [1.165, 1.54) is 83.5 Å². The van der Waals surface area contributed by atoms with Crippen LogP contribution in [0.15, 0.2) is 12.2 Å². The quantitative estimate of drug-likeness (QED) is 0.0645. The molecular formula is C34H69NO8. The van der Waals surface area contributed by atoms with Crippen molar-refractivity contribution in [3.63, 3.8) is 0 Å². The van der Waals surface area contributed by atoms with E-state index in [2.05, 4.69) is 19.1 Å². The molecule has 0 spiro atoms. The Morgan fingerprint density at radius 3 is 0.953 bits per heavy atom. The summed E-state index contributed by atoms with van der Waals surface area (Å²) < 4.78 is 43.7. The third-order valence-corrected chi connectivity index (χ3v) is 6.67. The summed E-state index contributed by atoms with van der Waals surface area (Å²) in [6.07, 6.45) is 23.4. The summed E-state index contributed by atoms with van der Waals surface area (Å²) >= 11 is 0. The van der Waals surface area contributed by atoms with E-state index in [4.69, 9.17) is 43.6 Å². The molecule has 0 amide bonds. The smallest absolute Gasteiger partial charge is 0.0701 e. The average molecular weight is 620 g/mol. The molecule has 9 heteroatoms. The van der Waals surface area contributed by atoms with Gasteiger partial charge in [0, 0.05) is 13.2 Å². The van der Waals surface area contributed by atoms with Crippen LogP contribution < -0.4 is 5.73 Å². The summed E-state index contributed by atoms with van der Waals surface area (Å²) in [6, 6.07) is 0. The Kier molecular flexibility index (Phi) is 40.8. The monoisotopic (exact) mass is 620 g/mol. The van der Waals surface area contributed by atoms with Gasteiger partial charge in [-0.05, 0) is 32.1 Å². The minimum atomic E-state index is 0.534. The van der Waals surface area contributed by atoms with Crippen molar-refractivity contribution >= 4 is 0 Å². The predicted octanol–water partition coefficient (Wildman–Crippen LogP) is 6.12. The predicted molar refractivity (Wildman–Crippen MR) is 175 cm³/mol. The van der Waals surface area contributed by atoms with E-state index in [0.29, 0.717) is 106 Å². The van der Waals surface area contributed by atoms with E-state index < -0.39 is 0 Å². The van der Waals surface area contributed by atoms with E-state index in [1.54, 1.807) is 0 Å². The molecule has 0 saturated heterocycles. The SMILES string of the molecule is CCCCCCCCCCC/C=C/CCCCCOCCOCCOCCOCCOCCOCCOCCOCCN. The molecule has 0 fully saturated rings. The highest BCUT2D eigenvalue weighted by Gasteiger charge is 1.96. The molecule has 0 radical (unpaired) electrons. The summed E-state index contributed by atoms with van der Waals surface area (Å²) in [5.41, 5.74) is 5.34. The maximum Gasteiger partial charge on any atom is 0.0701 e.